The summed E-state index contributed by atoms with van der Waals surface area (Å²) in [5.41, 5.74) is 2.81. The second kappa shape index (κ2) is 6.25. The van der Waals surface area contributed by atoms with E-state index in [1.165, 1.54) is 22.2 Å². The van der Waals surface area contributed by atoms with Crippen LogP contribution in [0.5, 0.6) is 0 Å². The van der Waals surface area contributed by atoms with Gasteiger partial charge in [-0.1, -0.05) is 30.8 Å². The number of nitrogens with zero attached hydrogens (tertiary/aromatic N) is 2. The van der Waals surface area contributed by atoms with Crippen LogP contribution in [-0.2, 0) is 18.6 Å². The number of oxazole rings is 1. The third-order valence-electron chi connectivity index (χ3n) is 4.81. The summed E-state index contributed by atoms with van der Waals surface area (Å²) in [6.45, 7) is 2.27. The Labute approximate surface area is 157 Å². The Morgan fingerprint density at radius 3 is 3.12 bits per heavy atom. The van der Waals surface area contributed by atoms with E-state index in [9.17, 15) is 4.79 Å². The summed E-state index contributed by atoms with van der Waals surface area (Å²) in [6.07, 6.45) is 3.18. The van der Waals surface area contributed by atoms with Crippen molar-refractivity contribution in [2.24, 2.45) is 5.92 Å². The van der Waals surface area contributed by atoms with E-state index in [1.54, 1.807) is 11.3 Å². The Hall–Kier alpha value is -2.12. The smallest absolute Gasteiger partial charge is 0.260 e. The summed E-state index contributed by atoms with van der Waals surface area (Å²) in [5, 5.41) is 1.42. The first-order chi connectivity index (χ1) is 12.7. The number of H-pyrrole nitrogens is 1. The van der Waals surface area contributed by atoms with E-state index in [0.717, 1.165) is 40.6 Å². The molecule has 0 unspecified atom stereocenters. The molecular weight excluding hydrogens is 366 g/mol. The maximum atomic E-state index is 12.6. The minimum absolute atomic E-state index is 0.0258. The molecule has 0 saturated heterocycles. The summed E-state index contributed by atoms with van der Waals surface area (Å²) in [7, 11) is 0. The van der Waals surface area contributed by atoms with Gasteiger partial charge in [-0.2, -0.15) is 0 Å². The SMILES string of the molecule is C[C@@H]1CCc2c(sc3nc(SCc4nc5ccccc5o4)[nH]c(=O)c23)C1. The Morgan fingerprint density at radius 2 is 2.23 bits per heavy atom. The Morgan fingerprint density at radius 1 is 1.35 bits per heavy atom. The fourth-order valence-electron chi connectivity index (χ4n) is 3.51. The van der Waals surface area contributed by atoms with Gasteiger partial charge in [0.2, 0.25) is 5.89 Å². The molecule has 26 heavy (non-hydrogen) atoms. The van der Waals surface area contributed by atoms with Crippen molar-refractivity contribution >= 4 is 44.4 Å². The number of para-hydroxylation sites is 2. The fraction of sp³-hybridized carbons (Fsp3) is 0.316. The molecule has 132 valence electrons. The van der Waals surface area contributed by atoms with E-state index in [4.69, 9.17) is 9.40 Å². The van der Waals surface area contributed by atoms with Crippen LogP contribution >= 0.6 is 23.1 Å². The Bertz CT molecular complexity index is 1140. The minimum Gasteiger partial charge on any atom is -0.440 e. The summed E-state index contributed by atoms with van der Waals surface area (Å²) in [6, 6.07) is 7.70. The predicted octanol–water partition coefficient (Wildman–Crippen LogP) is 4.54. The van der Waals surface area contributed by atoms with Gasteiger partial charge in [0.15, 0.2) is 10.7 Å². The molecule has 0 aliphatic heterocycles. The molecule has 7 heteroatoms. The molecule has 3 heterocycles. The number of hydrogen-bond acceptors (Lipinski definition) is 6. The molecule has 0 radical (unpaired) electrons. The quantitative estimate of drug-likeness (QED) is 0.415. The lowest BCUT2D eigenvalue weighted by molar-refractivity contribution is 0.509. The van der Waals surface area contributed by atoms with Gasteiger partial charge in [0.1, 0.15) is 10.3 Å². The van der Waals surface area contributed by atoms with Crippen molar-refractivity contribution in [2.75, 3.05) is 0 Å². The summed E-state index contributed by atoms with van der Waals surface area (Å²) >= 11 is 3.12. The zero-order valence-corrected chi connectivity index (χ0v) is 15.9. The van der Waals surface area contributed by atoms with Gasteiger partial charge < -0.3 is 9.40 Å². The molecule has 4 aromatic rings. The maximum Gasteiger partial charge on any atom is 0.260 e. The highest BCUT2D eigenvalue weighted by Gasteiger charge is 2.23. The van der Waals surface area contributed by atoms with E-state index in [-0.39, 0.29) is 5.56 Å². The van der Waals surface area contributed by atoms with Crippen molar-refractivity contribution in [1.82, 2.24) is 15.0 Å². The number of thiophene rings is 1. The first-order valence-corrected chi connectivity index (χ1v) is 10.5. The van der Waals surface area contributed by atoms with Crippen molar-refractivity contribution in [3.8, 4) is 0 Å². The highest BCUT2D eigenvalue weighted by molar-refractivity contribution is 7.98. The second-order valence-electron chi connectivity index (χ2n) is 6.77. The lowest BCUT2D eigenvalue weighted by atomic mass is 9.89. The molecule has 1 atom stereocenters. The van der Waals surface area contributed by atoms with Crippen LogP contribution in [0.15, 0.2) is 38.6 Å². The average Bonchev–Trinajstić information content (AvgIpc) is 3.19. The standard InChI is InChI=1S/C19H17N3O2S2/c1-10-6-7-11-14(8-10)26-18-16(11)17(23)21-19(22-18)25-9-15-20-12-4-2-3-5-13(12)24-15/h2-5,10H,6-9H2,1H3,(H,21,22,23)/t10-/m1/s1. The van der Waals surface area contributed by atoms with Crippen LogP contribution in [0.4, 0.5) is 0 Å². The molecule has 0 saturated carbocycles. The number of nitrogens with one attached hydrogen (secondary N) is 1. The van der Waals surface area contributed by atoms with Crippen molar-refractivity contribution in [3.05, 3.63) is 51.0 Å². The van der Waals surface area contributed by atoms with E-state index in [2.05, 4.69) is 16.9 Å². The molecule has 3 aromatic heterocycles. The van der Waals surface area contributed by atoms with Crippen molar-refractivity contribution in [1.29, 1.82) is 0 Å². The zero-order chi connectivity index (χ0) is 17.7. The molecule has 0 spiro atoms. The van der Waals surface area contributed by atoms with Crippen LogP contribution < -0.4 is 5.56 Å². The number of benzene rings is 1. The van der Waals surface area contributed by atoms with Crippen LogP contribution in [0.2, 0.25) is 0 Å². The van der Waals surface area contributed by atoms with Crippen molar-refractivity contribution in [3.63, 3.8) is 0 Å². The van der Waals surface area contributed by atoms with Gasteiger partial charge >= 0.3 is 0 Å². The Kier molecular flexibility index (Phi) is 3.86. The van der Waals surface area contributed by atoms with E-state index >= 15 is 0 Å². The number of rotatable bonds is 3. The van der Waals surface area contributed by atoms with Crippen LogP contribution in [0.1, 0.15) is 29.7 Å². The van der Waals surface area contributed by atoms with Crippen LogP contribution in [-0.4, -0.2) is 15.0 Å². The monoisotopic (exact) mass is 383 g/mol. The molecule has 1 aliphatic rings. The number of aromatic amines is 1. The molecule has 5 nitrogen and oxygen atoms in total. The fourth-order valence-corrected chi connectivity index (χ4v) is 5.65. The summed E-state index contributed by atoms with van der Waals surface area (Å²) in [5.74, 6) is 1.85. The average molecular weight is 383 g/mol. The second-order valence-corrected chi connectivity index (χ2v) is 8.81. The zero-order valence-electron chi connectivity index (χ0n) is 14.2. The van der Waals surface area contributed by atoms with Crippen molar-refractivity contribution in [2.45, 2.75) is 37.1 Å². The van der Waals surface area contributed by atoms with Gasteiger partial charge in [0.25, 0.3) is 5.56 Å². The summed E-state index contributed by atoms with van der Waals surface area (Å²) in [4.78, 5) is 26.9. The minimum atomic E-state index is -0.0258. The normalized spacial score (nSPS) is 17.0. The van der Waals surface area contributed by atoms with E-state index in [0.29, 0.717) is 22.7 Å². The maximum absolute atomic E-state index is 12.6. The molecule has 0 amide bonds. The molecule has 0 bridgehead atoms. The van der Waals surface area contributed by atoms with Gasteiger partial charge in [0.05, 0.1) is 11.1 Å². The van der Waals surface area contributed by atoms with Crippen LogP contribution in [0.25, 0.3) is 21.3 Å². The molecule has 5 rings (SSSR count). The first-order valence-electron chi connectivity index (χ1n) is 8.69. The topological polar surface area (TPSA) is 71.8 Å². The van der Waals surface area contributed by atoms with Gasteiger partial charge in [0, 0.05) is 4.88 Å². The van der Waals surface area contributed by atoms with Gasteiger partial charge in [-0.3, -0.25) is 4.79 Å². The largest absolute Gasteiger partial charge is 0.440 e. The van der Waals surface area contributed by atoms with Crippen LogP contribution in [0.3, 0.4) is 0 Å². The number of aryl methyl sites for hydroxylation is 1. The number of aromatic nitrogens is 3. The Balaban J connectivity index is 1.45. The lowest BCUT2D eigenvalue weighted by Crippen LogP contribution is -2.13. The van der Waals surface area contributed by atoms with Gasteiger partial charge in [-0.25, -0.2) is 9.97 Å². The first kappa shape index (κ1) is 16.1. The molecule has 1 aromatic carbocycles. The molecule has 0 fully saturated rings. The highest BCUT2D eigenvalue weighted by atomic mass is 32.2. The third kappa shape index (κ3) is 2.75. The number of hydrogen-bond donors (Lipinski definition) is 1. The highest BCUT2D eigenvalue weighted by Crippen LogP contribution is 2.36. The number of fused-ring (bicyclic) bond motifs is 4. The predicted molar refractivity (Wildman–Crippen MR) is 105 cm³/mol. The lowest BCUT2D eigenvalue weighted by Gasteiger charge is -2.17. The van der Waals surface area contributed by atoms with Crippen LogP contribution in [0, 0.1) is 5.92 Å². The van der Waals surface area contributed by atoms with Gasteiger partial charge in [-0.05, 0) is 42.9 Å². The van der Waals surface area contributed by atoms with Gasteiger partial charge in [-0.15, -0.1) is 11.3 Å². The number of thioether (sulfide) groups is 1. The van der Waals surface area contributed by atoms with Crippen molar-refractivity contribution < 1.29 is 4.42 Å². The van der Waals surface area contributed by atoms with E-state index in [1.807, 2.05) is 24.3 Å². The third-order valence-corrected chi connectivity index (χ3v) is 6.82. The van der Waals surface area contributed by atoms with E-state index < -0.39 is 0 Å². The molecule has 1 N–H and O–H groups in total. The molecular formula is C19H17N3O2S2. The molecule has 1 aliphatic carbocycles. The summed E-state index contributed by atoms with van der Waals surface area (Å²) < 4.78 is 5.74.